The standard InChI is InChI=1S/C24H29N10O6P/c1-14(6-33-12-31-19-21(25)27-10-29-23(19)33)38-8-16-4-3-5-18(40-41(35,36)37)17(16)9-39-15(2)7-34-13-32-20-22(26)28-11-30-24(20)34/h3-5,10-15H,6-9H2,1-2H3,(H2,25,27,29)(H2,26,28,30)(H2,35,36,37)/t14-,15-/m1/s1. The fourth-order valence-electron chi connectivity index (χ4n) is 4.31. The first kappa shape index (κ1) is 28.3. The number of ether oxygens (including phenoxy) is 2. The number of phosphoric acid groups is 1. The molecular formula is C24H29N10O6P. The van der Waals surface area contributed by atoms with Crippen molar-refractivity contribution in [3.05, 3.63) is 54.6 Å². The molecule has 0 aliphatic carbocycles. The zero-order chi connectivity index (χ0) is 29.1. The average Bonchev–Trinajstić information content (AvgIpc) is 3.52. The lowest BCUT2D eigenvalue weighted by atomic mass is 10.1. The minimum Gasteiger partial charge on any atom is -0.404 e. The molecule has 0 aliphatic heterocycles. The van der Waals surface area contributed by atoms with Gasteiger partial charge in [0, 0.05) is 5.56 Å². The van der Waals surface area contributed by atoms with E-state index in [0.717, 1.165) is 0 Å². The second kappa shape index (κ2) is 11.7. The highest BCUT2D eigenvalue weighted by Crippen LogP contribution is 2.40. The fourth-order valence-corrected chi connectivity index (χ4v) is 4.73. The molecule has 2 atom stereocenters. The highest BCUT2D eigenvalue weighted by Gasteiger charge is 2.22. The van der Waals surface area contributed by atoms with Gasteiger partial charge >= 0.3 is 7.82 Å². The number of benzene rings is 1. The maximum Gasteiger partial charge on any atom is 0.524 e. The van der Waals surface area contributed by atoms with Crippen molar-refractivity contribution in [3.63, 3.8) is 0 Å². The second-order valence-electron chi connectivity index (χ2n) is 9.38. The molecule has 0 bridgehead atoms. The predicted molar refractivity (Wildman–Crippen MR) is 147 cm³/mol. The van der Waals surface area contributed by atoms with E-state index >= 15 is 0 Å². The summed E-state index contributed by atoms with van der Waals surface area (Å²) in [5, 5.41) is 0. The largest absolute Gasteiger partial charge is 0.524 e. The first-order chi connectivity index (χ1) is 19.6. The lowest BCUT2D eigenvalue weighted by molar-refractivity contribution is 0.0311. The Kier molecular flexibility index (Phi) is 8.10. The topological polar surface area (TPSA) is 224 Å². The Morgan fingerprint density at radius 3 is 1.90 bits per heavy atom. The number of rotatable bonds is 12. The van der Waals surface area contributed by atoms with Gasteiger partial charge in [-0.25, -0.2) is 34.5 Å². The normalized spacial score (nSPS) is 13.6. The number of hydrogen-bond acceptors (Lipinski definition) is 12. The minimum absolute atomic E-state index is 0.000612. The van der Waals surface area contributed by atoms with Crippen LogP contribution in [0.15, 0.2) is 43.5 Å². The van der Waals surface area contributed by atoms with E-state index in [1.807, 2.05) is 18.4 Å². The number of nitrogen functional groups attached to an aromatic ring is 2. The van der Waals surface area contributed by atoms with Crippen LogP contribution < -0.4 is 16.0 Å². The third-order valence-corrected chi connectivity index (χ3v) is 6.68. The molecule has 5 aromatic rings. The lowest BCUT2D eigenvalue weighted by Crippen LogP contribution is -2.18. The van der Waals surface area contributed by atoms with Gasteiger partial charge in [-0.15, -0.1) is 0 Å². The Morgan fingerprint density at radius 2 is 1.37 bits per heavy atom. The Balaban J connectivity index is 1.29. The number of hydrogen-bond donors (Lipinski definition) is 4. The molecule has 5 rings (SSSR count). The molecule has 41 heavy (non-hydrogen) atoms. The second-order valence-corrected chi connectivity index (χ2v) is 10.5. The lowest BCUT2D eigenvalue weighted by Gasteiger charge is -2.20. The number of imidazole rings is 2. The molecule has 0 saturated carbocycles. The van der Waals surface area contributed by atoms with Crippen molar-refractivity contribution < 1.29 is 28.3 Å². The van der Waals surface area contributed by atoms with E-state index in [1.54, 1.807) is 29.4 Å². The molecule has 0 saturated heterocycles. The fraction of sp³-hybridized carbons (Fsp3) is 0.333. The van der Waals surface area contributed by atoms with Crippen LogP contribution in [0.2, 0.25) is 0 Å². The Labute approximate surface area is 233 Å². The van der Waals surface area contributed by atoms with Gasteiger partial charge in [-0.3, -0.25) is 9.79 Å². The molecule has 0 unspecified atom stereocenters. The van der Waals surface area contributed by atoms with Crippen LogP contribution in [0.3, 0.4) is 0 Å². The van der Waals surface area contributed by atoms with Crippen LogP contribution in [0, 0.1) is 0 Å². The van der Waals surface area contributed by atoms with Gasteiger partial charge in [0.1, 0.15) is 29.4 Å². The first-order valence-electron chi connectivity index (χ1n) is 12.5. The number of phosphoric ester groups is 1. The Morgan fingerprint density at radius 1 is 0.829 bits per heavy atom. The summed E-state index contributed by atoms with van der Waals surface area (Å²) in [6, 6.07) is 4.89. The molecule has 17 heteroatoms. The molecule has 1 aromatic carbocycles. The van der Waals surface area contributed by atoms with E-state index in [4.69, 9.17) is 25.5 Å². The summed E-state index contributed by atoms with van der Waals surface area (Å²) < 4.78 is 32.4. The average molecular weight is 585 g/mol. The molecule has 0 aliphatic rings. The molecule has 4 heterocycles. The molecular weight excluding hydrogens is 555 g/mol. The van der Waals surface area contributed by atoms with Gasteiger partial charge in [0.05, 0.1) is 51.2 Å². The van der Waals surface area contributed by atoms with Crippen LogP contribution in [-0.4, -0.2) is 61.0 Å². The number of aromatic nitrogens is 8. The molecule has 216 valence electrons. The summed E-state index contributed by atoms with van der Waals surface area (Å²) in [5.74, 6) is 0.575. The van der Waals surface area contributed by atoms with Crippen LogP contribution in [0.4, 0.5) is 11.6 Å². The van der Waals surface area contributed by atoms with Crippen LogP contribution in [0.25, 0.3) is 22.3 Å². The van der Waals surface area contributed by atoms with Gasteiger partial charge in [0.25, 0.3) is 0 Å². The SMILES string of the molecule is C[C@H](Cn1cnc2c(N)ncnc21)OCc1cccc(OP(=O)(O)O)c1CO[C@H](C)Cn1cnc2c(N)ncnc21. The zero-order valence-corrected chi connectivity index (χ0v) is 23.1. The summed E-state index contributed by atoms with van der Waals surface area (Å²) in [6.07, 6.45) is 5.33. The van der Waals surface area contributed by atoms with Gasteiger partial charge in [-0.05, 0) is 25.5 Å². The van der Waals surface area contributed by atoms with Gasteiger partial charge in [-0.1, -0.05) is 12.1 Å². The molecule has 0 amide bonds. The van der Waals surface area contributed by atoms with Crippen LogP contribution >= 0.6 is 7.82 Å². The van der Waals surface area contributed by atoms with Crippen molar-refractivity contribution in [2.24, 2.45) is 0 Å². The van der Waals surface area contributed by atoms with Gasteiger partial charge < -0.3 is 34.6 Å². The Bertz CT molecular complexity index is 1720. The van der Waals surface area contributed by atoms with Crippen molar-refractivity contribution in [2.45, 2.75) is 52.4 Å². The van der Waals surface area contributed by atoms with Crippen LogP contribution in [0.1, 0.15) is 25.0 Å². The van der Waals surface area contributed by atoms with E-state index < -0.39 is 7.82 Å². The molecule has 0 radical (unpaired) electrons. The molecule has 0 fully saturated rings. The van der Waals surface area contributed by atoms with Crippen molar-refractivity contribution in [1.29, 1.82) is 0 Å². The highest BCUT2D eigenvalue weighted by molar-refractivity contribution is 7.46. The molecule has 4 aromatic heterocycles. The third-order valence-electron chi connectivity index (χ3n) is 6.25. The van der Waals surface area contributed by atoms with Gasteiger partial charge in [0.2, 0.25) is 0 Å². The monoisotopic (exact) mass is 584 g/mol. The number of nitrogens with zero attached hydrogens (tertiary/aromatic N) is 8. The number of fused-ring (bicyclic) bond motifs is 2. The molecule has 16 nitrogen and oxygen atoms in total. The van der Waals surface area contributed by atoms with Gasteiger partial charge in [-0.2, -0.15) is 0 Å². The molecule has 6 N–H and O–H groups in total. The summed E-state index contributed by atoms with van der Waals surface area (Å²) in [6.45, 7) is 4.68. The van der Waals surface area contributed by atoms with Crippen molar-refractivity contribution in [1.82, 2.24) is 39.0 Å². The minimum atomic E-state index is -4.83. The maximum absolute atomic E-state index is 11.7. The smallest absolute Gasteiger partial charge is 0.404 e. The molecule has 0 spiro atoms. The third kappa shape index (κ3) is 6.58. The van der Waals surface area contributed by atoms with E-state index in [1.165, 1.54) is 18.7 Å². The van der Waals surface area contributed by atoms with E-state index in [0.29, 0.717) is 52.4 Å². The first-order valence-corrected chi connectivity index (χ1v) is 14.0. The predicted octanol–water partition coefficient (Wildman–Crippen LogP) is 1.81. The summed E-state index contributed by atoms with van der Waals surface area (Å²) in [4.78, 5) is 43.9. The Hall–Kier alpha value is -4.21. The van der Waals surface area contributed by atoms with Crippen molar-refractivity contribution in [2.75, 3.05) is 11.5 Å². The van der Waals surface area contributed by atoms with E-state index in [9.17, 15) is 14.4 Å². The van der Waals surface area contributed by atoms with Crippen molar-refractivity contribution >= 4 is 41.8 Å². The zero-order valence-electron chi connectivity index (χ0n) is 22.2. The quantitative estimate of drug-likeness (QED) is 0.154. The van der Waals surface area contributed by atoms with Crippen molar-refractivity contribution in [3.8, 4) is 5.75 Å². The van der Waals surface area contributed by atoms with E-state index in [2.05, 4.69) is 29.9 Å². The summed E-state index contributed by atoms with van der Waals surface area (Å²) in [5.41, 5.74) is 15.0. The van der Waals surface area contributed by atoms with Gasteiger partial charge in [0.15, 0.2) is 22.9 Å². The summed E-state index contributed by atoms with van der Waals surface area (Å²) in [7, 11) is -4.83. The number of anilines is 2. The maximum atomic E-state index is 11.7. The van der Waals surface area contributed by atoms with Crippen LogP contribution in [0.5, 0.6) is 5.75 Å². The summed E-state index contributed by atoms with van der Waals surface area (Å²) >= 11 is 0. The highest BCUT2D eigenvalue weighted by atomic mass is 31.2. The van der Waals surface area contributed by atoms with Crippen LogP contribution in [-0.2, 0) is 40.3 Å². The van der Waals surface area contributed by atoms with E-state index in [-0.39, 0.29) is 37.0 Å². The number of nitrogens with two attached hydrogens (primary N) is 2.